The molecular weight excluding hydrogens is 198 g/mol. The summed E-state index contributed by atoms with van der Waals surface area (Å²) < 4.78 is 22.2. The first-order valence-corrected chi connectivity index (χ1v) is 6.10. The molecule has 0 amide bonds. The number of sulfone groups is 1. The minimum Gasteiger partial charge on any atom is -0.378 e. The fraction of sp³-hybridized carbons (Fsp3) is 0.200. The molecule has 1 heterocycles. The van der Waals surface area contributed by atoms with Crippen LogP contribution in [0.5, 0.6) is 0 Å². The zero-order valence-electron chi connectivity index (χ0n) is 7.55. The normalized spacial score (nSPS) is 23.6. The molecule has 1 aliphatic rings. The Morgan fingerprint density at radius 3 is 2.50 bits per heavy atom. The highest BCUT2D eigenvalue weighted by Gasteiger charge is 2.20. The summed E-state index contributed by atoms with van der Waals surface area (Å²) in [4.78, 5) is 0. The lowest BCUT2D eigenvalue weighted by Gasteiger charge is -2.10. The molecule has 3 nitrogen and oxygen atoms in total. The summed E-state index contributed by atoms with van der Waals surface area (Å²) in [7, 11) is -2.96. The summed E-state index contributed by atoms with van der Waals surface area (Å²) >= 11 is 0. The van der Waals surface area contributed by atoms with Gasteiger partial charge in [-0.3, -0.25) is 0 Å². The molecule has 2 rings (SSSR count). The standard InChI is InChI=1S/C10H11NO2S/c12-14(13)7-6-10(8-14)11-9-4-2-1-3-5-9/h1-7,10-11H,8H2/t10-/m0/s1. The molecule has 0 spiro atoms. The first-order chi connectivity index (χ1) is 6.66. The van der Waals surface area contributed by atoms with Crippen molar-refractivity contribution < 1.29 is 8.42 Å². The largest absolute Gasteiger partial charge is 0.378 e. The van der Waals surface area contributed by atoms with Gasteiger partial charge >= 0.3 is 0 Å². The van der Waals surface area contributed by atoms with Crippen molar-refractivity contribution in [2.45, 2.75) is 6.04 Å². The van der Waals surface area contributed by atoms with Crippen LogP contribution in [0.2, 0.25) is 0 Å². The van der Waals surface area contributed by atoms with Crippen molar-refractivity contribution in [2.24, 2.45) is 0 Å². The molecule has 0 saturated heterocycles. The summed E-state index contributed by atoms with van der Waals surface area (Å²) in [5.41, 5.74) is 0.944. The van der Waals surface area contributed by atoms with Crippen LogP contribution in [0.3, 0.4) is 0 Å². The maximum atomic E-state index is 11.1. The molecular formula is C10H11NO2S. The molecule has 0 aromatic heterocycles. The lowest BCUT2D eigenvalue weighted by atomic mass is 10.2. The van der Waals surface area contributed by atoms with E-state index >= 15 is 0 Å². The molecule has 0 unspecified atom stereocenters. The second kappa shape index (κ2) is 3.46. The van der Waals surface area contributed by atoms with Crippen molar-refractivity contribution >= 4 is 15.5 Å². The van der Waals surface area contributed by atoms with Crippen LogP contribution in [0.15, 0.2) is 41.8 Å². The first-order valence-electron chi connectivity index (χ1n) is 4.38. The fourth-order valence-corrected chi connectivity index (χ4v) is 2.65. The van der Waals surface area contributed by atoms with Crippen LogP contribution in [0.25, 0.3) is 0 Å². The average molecular weight is 209 g/mol. The zero-order chi connectivity index (χ0) is 10.0. The number of para-hydroxylation sites is 1. The van der Waals surface area contributed by atoms with Gasteiger partial charge in [-0.1, -0.05) is 24.3 Å². The lowest BCUT2D eigenvalue weighted by Crippen LogP contribution is -2.20. The molecule has 14 heavy (non-hydrogen) atoms. The third-order valence-corrected chi connectivity index (χ3v) is 3.45. The van der Waals surface area contributed by atoms with Crippen LogP contribution in [-0.4, -0.2) is 20.2 Å². The van der Waals surface area contributed by atoms with Crippen molar-refractivity contribution in [3.05, 3.63) is 41.8 Å². The highest BCUT2D eigenvalue weighted by Crippen LogP contribution is 2.14. The van der Waals surface area contributed by atoms with Crippen LogP contribution < -0.4 is 5.32 Å². The Bertz CT molecular complexity index is 436. The monoisotopic (exact) mass is 209 g/mol. The van der Waals surface area contributed by atoms with E-state index in [9.17, 15) is 8.42 Å². The molecule has 0 aliphatic carbocycles. The van der Waals surface area contributed by atoms with E-state index in [1.165, 1.54) is 5.41 Å². The van der Waals surface area contributed by atoms with Crippen LogP contribution in [0, 0.1) is 0 Å². The molecule has 1 aromatic carbocycles. The first kappa shape index (κ1) is 9.27. The second-order valence-corrected chi connectivity index (χ2v) is 5.21. The van der Waals surface area contributed by atoms with Crippen LogP contribution >= 0.6 is 0 Å². The fourth-order valence-electron chi connectivity index (χ4n) is 1.41. The molecule has 1 atom stereocenters. The van der Waals surface area contributed by atoms with E-state index in [-0.39, 0.29) is 11.8 Å². The summed E-state index contributed by atoms with van der Waals surface area (Å²) in [6.45, 7) is 0. The molecule has 0 fully saturated rings. The van der Waals surface area contributed by atoms with E-state index in [2.05, 4.69) is 5.32 Å². The van der Waals surface area contributed by atoms with Crippen LogP contribution in [0.4, 0.5) is 5.69 Å². The van der Waals surface area contributed by atoms with Gasteiger partial charge in [0.1, 0.15) is 0 Å². The number of rotatable bonds is 2. The average Bonchev–Trinajstić information content (AvgIpc) is 2.47. The van der Waals surface area contributed by atoms with Crippen molar-refractivity contribution in [2.75, 3.05) is 11.1 Å². The predicted molar refractivity (Wildman–Crippen MR) is 56.8 cm³/mol. The van der Waals surface area contributed by atoms with Gasteiger partial charge in [-0.15, -0.1) is 0 Å². The maximum absolute atomic E-state index is 11.1. The van der Waals surface area contributed by atoms with Gasteiger partial charge in [0.25, 0.3) is 0 Å². The minimum atomic E-state index is -2.96. The number of hydrogen-bond acceptors (Lipinski definition) is 3. The van der Waals surface area contributed by atoms with Crippen molar-refractivity contribution in [1.29, 1.82) is 0 Å². The van der Waals surface area contributed by atoms with Crippen molar-refractivity contribution in [3.8, 4) is 0 Å². The summed E-state index contributed by atoms with van der Waals surface area (Å²) in [5.74, 6) is 0.155. The van der Waals surface area contributed by atoms with Gasteiger partial charge < -0.3 is 5.32 Å². The molecule has 1 aromatic rings. The third-order valence-electron chi connectivity index (χ3n) is 2.06. The number of anilines is 1. The Balaban J connectivity index is 2.05. The van der Waals surface area contributed by atoms with E-state index < -0.39 is 9.84 Å². The summed E-state index contributed by atoms with van der Waals surface area (Å²) in [5, 5.41) is 4.40. The Kier molecular flexibility index (Phi) is 2.29. The molecule has 1 N–H and O–H groups in total. The van der Waals surface area contributed by atoms with Crippen molar-refractivity contribution in [1.82, 2.24) is 0 Å². The van der Waals surface area contributed by atoms with E-state index in [4.69, 9.17) is 0 Å². The van der Waals surface area contributed by atoms with E-state index in [1.807, 2.05) is 30.3 Å². The number of hydrogen-bond donors (Lipinski definition) is 1. The molecule has 0 bridgehead atoms. The van der Waals surface area contributed by atoms with Crippen LogP contribution in [-0.2, 0) is 9.84 Å². The lowest BCUT2D eigenvalue weighted by molar-refractivity contribution is 0.605. The van der Waals surface area contributed by atoms with Crippen molar-refractivity contribution in [3.63, 3.8) is 0 Å². The maximum Gasteiger partial charge on any atom is 0.173 e. The SMILES string of the molecule is O=S1(=O)C=C[C@H](Nc2ccccc2)C1. The van der Waals surface area contributed by atoms with Gasteiger partial charge in [0.2, 0.25) is 0 Å². The Labute approximate surface area is 83.4 Å². The molecule has 74 valence electrons. The van der Waals surface area contributed by atoms with Crippen LogP contribution in [0.1, 0.15) is 0 Å². The quantitative estimate of drug-likeness (QED) is 0.801. The minimum absolute atomic E-state index is 0.0950. The Hall–Kier alpha value is -1.29. The smallest absolute Gasteiger partial charge is 0.173 e. The topological polar surface area (TPSA) is 46.2 Å². The molecule has 4 heteroatoms. The predicted octanol–water partition coefficient (Wildman–Crippen LogP) is 1.41. The third kappa shape index (κ3) is 2.14. The van der Waals surface area contributed by atoms with Gasteiger partial charge in [0.05, 0.1) is 11.8 Å². The van der Waals surface area contributed by atoms with E-state index in [1.54, 1.807) is 6.08 Å². The highest BCUT2D eigenvalue weighted by molar-refractivity contribution is 7.94. The number of benzene rings is 1. The summed E-state index contributed by atoms with van der Waals surface area (Å²) in [6, 6.07) is 9.48. The van der Waals surface area contributed by atoms with Gasteiger partial charge in [-0.2, -0.15) is 0 Å². The van der Waals surface area contributed by atoms with Gasteiger partial charge in [0, 0.05) is 11.1 Å². The van der Waals surface area contributed by atoms with E-state index in [0.717, 1.165) is 5.69 Å². The second-order valence-electron chi connectivity index (χ2n) is 3.27. The molecule has 1 aliphatic heterocycles. The Morgan fingerprint density at radius 2 is 1.93 bits per heavy atom. The van der Waals surface area contributed by atoms with Gasteiger partial charge in [0.15, 0.2) is 9.84 Å². The molecule has 0 radical (unpaired) electrons. The van der Waals surface area contributed by atoms with Gasteiger partial charge in [-0.05, 0) is 12.1 Å². The summed E-state index contributed by atoms with van der Waals surface area (Å²) in [6.07, 6.45) is 1.68. The highest BCUT2D eigenvalue weighted by atomic mass is 32.2. The Morgan fingerprint density at radius 1 is 1.21 bits per heavy atom. The van der Waals surface area contributed by atoms with Gasteiger partial charge in [-0.25, -0.2) is 8.42 Å². The van der Waals surface area contributed by atoms with E-state index in [0.29, 0.717) is 0 Å². The molecule has 0 saturated carbocycles. The zero-order valence-corrected chi connectivity index (χ0v) is 8.37. The number of nitrogens with one attached hydrogen (secondary N) is 1.